The average Bonchev–Trinajstić information content (AvgIpc) is 3.60. The molecule has 13 nitrogen and oxygen atoms in total. The molecule has 6 rings (SSSR count). The number of nitrogens with one attached hydrogen (secondary N) is 1. The number of hydrogen-bond donors (Lipinski definition) is 4. The van der Waals surface area contributed by atoms with Gasteiger partial charge in [-0.3, -0.25) is 9.59 Å². The number of hydrogen-bond acceptors (Lipinski definition) is 11. The second-order valence-corrected chi connectivity index (χ2v) is 21.3. The summed E-state index contributed by atoms with van der Waals surface area (Å²) in [5, 5.41) is 36.9. The monoisotopic (exact) mass is 951 g/mol. The number of rotatable bonds is 15. The molecule has 18 atom stereocenters. The van der Waals surface area contributed by atoms with Crippen molar-refractivity contribution in [1.29, 1.82) is 0 Å². The number of ketones is 1. The maximum absolute atomic E-state index is 14.7. The number of aliphatic carboxylic acids is 1. The van der Waals surface area contributed by atoms with Crippen molar-refractivity contribution in [2.45, 2.75) is 205 Å². The number of aliphatic hydroxyl groups is 2. The Morgan fingerprint density at radius 1 is 0.892 bits per heavy atom. The molecule has 0 aliphatic carbocycles. The quantitative estimate of drug-likeness (QED) is 0.123. The van der Waals surface area contributed by atoms with Crippen LogP contribution in [0.4, 0.5) is 4.79 Å². The first-order chi connectivity index (χ1) is 30.5. The molecule has 15 heteroatoms. The van der Waals surface area contributed by atoms with Crippen LogP contribution in [0, 0.1) is 41.4 Å². The lowest BCUT2D eigenvalue weighted by Crippen LogP contribution is -2.65. The third-order valence-corrected chi connectivity index (χ3v) is 16.5. The van der Waals surface area contributed by atoms with Crippen LogP contribution in [0.25, 0.3) is 0 Å². The molecule has 4 N–H and O–H groups in total. The molecule has 0 aromatic heterocycles. The van der Waals surface area contributed by atoms with Crippen molar-refractivity contribution in [3.8, 4) is 0 Å². The van der Waals surface area contributed by atoms with E-state index in [0.717, 1.165) is 6.42 Å². The van der Waals surface area contributed by atoms with Gasteiger partial charge in [-0.1, -0.05) is 84.7 Å². The van der Waals surface area contributed by atoms with Crippen LogP contribution in [0.2, 0.25) is 10.0 Å². The summed E-state index contributed by atoms with van der Waals surface area (Å²) in [5.74, 6) is -6.41. The number of benzene rings is 1. The minimum atomic E-state index is -1.44. The van der Waals surface area contributed by atoms with Gasteiger partial charge in [0.05, 0.1) is 53.7 Å². The van der Waals surface area contributed by atoms with E-state index in [1.807, 2.05) is 53.7 Å². The van der Waals surface area contributed by atoms with Gasteiger partial charge in [-0.15, -0.1) is 0 Å². The van der Waals surface area contributed by atoms with Crippen molar-refractivity contribution in [2.24, 2.45) is 41.4 Å². The number of alkyl carbamates (subject to hydrolysis) is 1. The molecular formula is C50H75Cl2NO12. The van der Waals surface area contributed by atoms with E-state index >= 15 is 0 Å². The Morgan fingerprint density at radius 2 is 1.57 bits per heavy atom. The highest BCUT2D eigenvalue weighted by molar-refractivity contribution is 6.34. The van der Waals surface area contributed by atoms with Gasteiger partial charge in [0.25, 0.3) is 0 Å². The van der Waals surface area contributed by atoms with Crippen LogP contribution in [0.15, 0.2) is 30.4 Å². The van der Waals surface area contributed by atoms with Crippen LogP contribution < -0.4 is 5.32 Å². The number of amides is 1. The highest BCUT2D eigenvalue weighted by Gasteiger charge is 2.63. The number of carboxylic acid groups (broad SMARTS) is 1. The summed E-state index contributed by atoms with van der Waals surface area (Å²) in [5.41, 5.74) is -1.19. The van der Waals surface area contributed by atoms with Gasteiger partial charge >= 0.3 is 12.1 Å². The van der Waals surface area contributed by atoms with Crippen LogP contribution in [0.1, 0.15) is 139 Å². The van der Waals surface area contributed by atoms with Crippen molar-refractivity contribution in [3.05, 3.63) is 46.0 Å². The molecule has 1 amide bonds. The summed E-state index contributed by atoms with van der Waals surface area (Å²) < 4.78 is 40.2. The number of carbonyl (C=O) groups is 3. The third-order valence-electron chi connectivity index (χ3n) is 16.0. The van der Waals surface area contributed by atoms with Gasteiger partial charge in [0.1, 0.15) is 18.4 Å². The fraction of sp³-hybridized carbons (Fsp3) is 0.780. The lowest BCUT2D eigenvalue weighted by atomic mass is 9.72. The van der Waals surface area contributed by atoms with Gasteiger partial charge < -0.3 is 49.1 Å². The first kappa shape index (κ1) is 52.0. The molecule has 0 radical (unpaired) electrons. The molecular weight excluding hydrogens is 877 g/mol. The van der Waals surface area contributed by atoms with Gasteiger partial charge in [0.2, 0.25) is 0 Å². The number of Topliss-reactive ketones (excluding diaryl/α,β-unsaturated/α-hetero) is 1. The molecule has 65 heavy (non-hydrogen) atoms. The fourth-order valence-corrected chi connectivity index (χ4v) is 12.3. The lowest BCUT2D eigenvalue weighted by molar-refractivity contribution is -0.398. The van der Waals surface area contributed by atoms with Gasteiger partial charge in [-0.05, 0) is 113 Å². The topological polar surface area (TPSA) is 179 Å². The predicted molar refractivity (Wildman–Crippen MR) is 246 cm³/mol. The minimum Gasteiger partial charge on any atom is -0.481 e. The van der Waals surface area contributed by atoms with Gasteiger partial charge in [-0.2, -0.15) is 0 Å². The highest BCUT2D eigenvalue weighted by atomic mass is 35.5. The Balaban J connectivity index is 1.24. The van der Waals surface area contributed by atoms with E-state index in [4.69, 9.17) is 51.6 Å². The Labute approximate surface area is 395 Å². The van der Waals surface area contributed by atoms with Gasteiger partial charge in [0.15, 0.2) is 11.6 Å². The second kappa shape index (κ2) is 20.7. The summed E-state index contributed by atoms with van der Waals surface area (Å²) in [6.07, 6.45) is 5.16. The van der Waals surface area contributed by atoms with Crippen molar-refractivity contribution in [1.82, 2.24) is 5.32 Å². The summed E-state index contributed by atoms with van der Waals surface area (Å²) in [7, 11) is 0. The summed E-state index contributed by atoms with van der Waals surface area (Å²) >= 11 is 12.4. The van der Waals surface area contributed by atoms with E-state index in [1.54, 1.807) is 25.1 Å². The van der Waals surface area contributed by atoms with Crippen molar-refractivity contribution >= 4 is 41.0 Å². The highest BCUT2D eigenvalue weighted by Crippen LogP contribution is 2.54. The average molecular weight is 953 g/mol. The molecule has 366 valence electrons. The zero-order chi connectivity index (χ0) is 47.8. The Hall–Kier alpha value is -2.33. The second-order valence-electron chi connectivity index (χ2n) is 20.4. The number of aliphatic hydroxyl groups excluding tert-OH is 1. The molecule has 5 aliphatic rings. The number of carbonyl (C=O) groups excluding carboxylic acids is 2. The molecule has 5 aliphatic heterocycles. The number of halogens is 2. The smallest absolute Gasteiger partial charge is 0.408 e. The Kier molecular flexibility index (Phi) is 16.6. The SMILES string of the molecule is CC[C@@H](C(=O)[C@@H](C)[C@@H](O)[C@H](C)[C@@H]1O[C@@H]([C@@H](CC)C(=O)O)CC[C@@H]1C)[C@H]1O[C@]2(C=C[C@@H](NC(=O)OCc3cc(Cl)cc(Cl)c3)[C@]3(CC[C@@](C)([C@H]4CC[C@](O)(CC)[C@H](C)O4)O3)O2)[C@H](C)C[C@@H]1C. The van der Waals surface area contributed by atoms with E-state index in [-0.39, 0.29) is 36.2 Å². The van der Waals surface area contributed by atoms with Gasteiger partial charge in [-0.25, -0.2) is 4.79 Å². The lowest BCUT2D eigenvalue weighted by Gasteiger charge is -2.55. The predicted octanol–water partition coefficient (Wildman–Crippen LogP) is 9.43. The van der Waals surface area contributed by atoms with E-state index in [0.29, 0.717) is 73.4 Å². The van der Waals surface area contributed by atoms with Crippen LogP contribution in [0.5, 0.6) is 0 Å². The zero-order valence-corrected chi connectivity index (χ0v) is 41.5. The van der Waals surface area contributed by atoms with Crippen LogP contribution in [0.3, 0.4) is 0 Å². The Morgan fingerprint density at radius 3 is 2.18 bits per heavy atom. The molecule has 4 saturated heterocycles. The van der Waals surface area contributed by atoms with E-state index in [1.165, 1.54) is 0 Å². The van der Waals surface area contributed by atoms with Crippen LogP contribution in [-0.4, -0.2) is 98.6 Å². The normalized spacial score (nSPS) is 39.6. The molecule has 0 bridgehead atoms. The molecule has 4 fully saturated rings. The third kappa shape index (κ3) is 10.8. The van der Waals surface area contributed by atoms with Crippen molar-refractivity contribution in [2.75, 3.05) is 0 Å². The van der Waals surface area contributed by atoms with Gasteiger partial charge in [0, 0.05) is 40.1 Å². The maximum Gasteiger partial charge on any atom is 0.408 e. The molecule has 0 saturated carbocycles. The minimum absolute atomic E-state index is 0.0567. The zero-order valence-electron chi connectivity index (χ0n) is 40.0. The van der Waals surface area contributed by atoms with Crippen LogP contribution in [-0.2, 0) is 44.6 Å². The summed E-state index contributed by atoms with van der Waals surface area (Å²) in [4.78, 5) is 40.4. The molecule has 2 spiro atoms. The van der Waals surface area contributed by atoms with Crippen molar-refractivity contribution < 1.29 is 58.1 Å². The molecule has 0 unspecified atom stereocenters. The summed E-state index contributed by atoms with van der Waals surface area (Å²) in [6.45, 7) is 19.4. The van der Waals surface area contributed by atoms with E-state index in [9.17, 15) is 29.7 Å². The first-order valence-corrected chi connectivity index (χ1v) is 24.9. The molecule has 1 aromatic rings. The largest absolute Gasteiger partial charge is 0.481 e. The number of carboxylic acids is 1. The molecule has 1 aromatic carbocycles. The first-order valence-electron chi connectivity index (χ1n) is 24.2. The molecule has 5 heterocycles. The standard InChI is InChI=1S/C50H75Cl2NO12/c1-11-36(45(56)57)38-15-14-27(4)43(62-38)31(8)41(54)30(7)42(55)37(12-2)44-28(5)22-29(6)49(63-44)19-16-39(53-46(58)60-26-33-23-34(51)25-35(52)24-33)50(65-49)21-20-47(10,64-50)40-17-18-48(59,13-3)32(9)61-40/h16,19,23-25,27-32,36-41,43-44,54,59H,11-15,17-18,20-22,26H2,1-10H3,(H,53,58)(H,56,57)/t27-,28-,29+,30-,31-,32-,36+,37-,38+,39+,40+,41+,43+,44-,47-,48+,49-,50-/m0/s1. The maximum atomic E-state index is 14.7. The van der Waals surface area contributed by atoms with E-state index in [2.05, 4.69) is 26.1 Å². The van der Waals surface area contributed by atoms with Crippen molar-refractivity contribution in [3.63, 3.8) is 0 Å². The fourth-order valence-electron chi connectivity index (χ4n) is 11.7. The number of ether oxygens (including phenoxy) is 6. The Bertz CT molecular complexity index is 1870. The summed E-state index contributed by atoms with van der Waals surface area (Å²) in [6, 6.07) is 4.13. The van der Waals surface area contributed by atoms with E-state index < -0.39 is 95.1 Å². The van der Waals surface area contributed by atoms with Crippen LogP contribution >= 0.6 is 23.2 Å².